The van der Waals surface area contributed by atoms with Crippen molar-refractivity contribution in [3.63, 3.8) is 0 Å². The van der Waals surface area contributed by atoms with Gasteiger partial charge in [-0.25, -0.2) is 9.59 Å². The Morgan fingerprint density at radius 2 is 1.55 bits per heavy atom. The number of carbonyl (C=O) groups is 2. The number of aromatic carboxylic acids is 1. The van der Waals surface area contributed by atoms with Gasteiger partial charge in [-0.2, -0.15) is 0 Å². The average molecular weight is 539 g/mol. The quantitative estimate of drug-likeness (QED) is 0.165. The van der Waals surface area contributed by atoms with E-state index in [-0.39, 0.29) is 24.5 Å². The molecule has 3 rings (SSSR count). The number of carbonyl (C=O) groups excluding carboxylic acids is 1. The van der Waals surface area contributed by atoms with Gasteiger partial charge in [0.25, 0.3) is 0 Å². The van der Waals surface area contributed by atoms with E-state index in [1.807, 2.05) is 56.3 Å². The topological polar surface area (TPSA) is 114 Å². The van der Waals surface area contributed by atoms with Gasteiger partial charge in [0.05, 0.1) is 17.9 Å². The lowest BCUT2D eigenvalue weighted by Gasteiger charge is -2.23. The highest BCUT2D eigenvalue weighted by Gasteiger charge is 2.30. The van der Waals surface area contributed by atoms with Crippen LogP contribution in [0.4, 0.5) is 17.1 Å². The van der Waals surface area contributed by atoms with Gasteiger partial charge < -0.3 is 25.0 Å². The lowest BCUT2D eigenvalue weighted by atomic mass is 10.0. The van der Waals surface area contributed by atoms with Crippen molar-refractivity contribution in [3.8, 4) is 0 Å². The Hall–Kier alpha value is -3.61. The fourth-order valence-electron chi connectivity index (χ4n) is 4.05. The van der Waals surface area contributed by atoms with E-state index in [4.69, 9.17) is 9.26 Å². The van der Waals surface area contributed by atoms with Crippen molar-refractivity contribution in [3.05, 3.63) is 89.0 Å². The molecule has 202 valence electrons. The lowest BCUT2D eigenvalue weighted by Crippen LogP contribution is -2.24. The Balaban J connectivity index is 1.73. The molecule has 0 fully saturated rings. The van der Waals surface area contributed by atoms with Crippen LogP contribution < -0.4 is 10.6 Å². The van der Waals surface area contributed by atoms with Gasteiger partial charge in [0.15, 0.2) is 6.10 Å². The monoisotopic (exact) mass is 538 g/mol. The molecule has 2 atom stereocenters. The second-order valence-corrected chi connectivity index (χ2v) is 11.6. The number of nitrogens with one attached hydrogen (secondary N) is 2. The minimum Gasteiger partial charge on any atom is -0.478 e. The molecule has 8 nitrogen and oxygen atoms in total. The maximum atomic E-state index is 13.9. The van der Waals surface area contributed by atoms with Crippen molar-refractivity contribution in [2.24, 2.45) is 0 Å². The summed E-state index contributed by atoms with van der Waals surface area (Å²) in [6, 6.07) is 20.0. The molecule has 0 radical (unpaired) electrons. The molecule has 0 aromatic heterocycles. The Bertz CT molecular complexity index is 1310. The van der Waals surface area contributed by atoms with Crippen LogP contribution in [-0.2, 0) is 24.8 Å². The Morgan fingerprint density at radius 1 is 0.921 bits per heavy atom. The molecule has 0 spiro atoms. The van der Waals surface area contributed by atoms with Crippen LogP contribution in [0.5, 0.6) is 0 Å². The van der Waals surface area contributed by atoms with Gasteiger partial charge in [0, 0.05) is 30.2 Å². The van der Waals surface area contributed by atoms with Gasteiger partial charge in [0.1, 0.15) is 0 Å². The number of esters is 1. The van der Waals surface area contributed by atoms with E-state index < -0.39 is 25.4 Å². The summed E-state index contributed by atoms with van der Waals surface area (Å²) in [5.74, 6) is -1.53. The van der Waals surface area contributed by atoms with Crippen LogP contribution >= 0.6 is 7.37 Å². The molecule has 1 unspecified atom stereocenters. The van der Waals surface area contributed by atoms with Gasteiger partial charge in [-0.05, 0) is 68.7 Å². The number of carboxylic acid groups (broad SMARTS) is 1. The number of anilines is 3. The van der Waals surface area contributed by atoms with Crippen molar-refractivity contribution in [2.45, 2.75) is 40.0 Å². The van der Waals surface area contributed by atoms with Crippen molar-refractivity contribution in [1.82, 2.24) is 0 Å². The smallest absolute Gasteiger partial charge is 0.337 e. The number of benzene rings is 3. The average Bonchev–Trinajstić information content (AvgIpc) is 2.89. The third-order valence-corrected chi connectivity index (χ3v) is 8.67. The third-order valence-electron chi connectivity index (χ3n) is 6.22. The zero-order valence-electron chi connectivity index (χ0n) is 22.2. The first-order valence-electron chi connectivity index (χ1n) is 12.5. The number of carboxylic acids is 1. The molecule has 0 saturated carbocycles. The highest BCUT2D eigenvalue weighted by atomic mass is 31.2. The number of hydrogen-bond donors (Lipinski definition) is 3. The van der Waals surface area contributed by atoms with Crippen molar-refractivity contribution >= 4 is 36.4 Å². The number of hydrogen-bond acceptors (Lipinski definition) is 7. The standard InChI is InChI=1S/C29H35N2O6P/c1-5-36-29(34)22(4)37-38(35,19-23-11-7-6-8-12-23)18-17-30-25-15-16-26(21(3)20(25)2)31-27-14-10-9-13-24(27)28(32)33/h6-16,22,30-31H,5,17-19H2,1-4H3,(H,32,33)/t22-,38?/m0/s1. The molecular formula is C29H35N2O6P. The van der Waals surface area contributed by atoms with Crippen LogP contribution in [-0.4, -0.2) is 42.5 Å². The zero-order valence-corrected chi connectivity index (χ0v) is 23.1. The second kappa shape index (κ2) is 13.3. The highest BCUT2D eigenvalue weighted by molar-refractivity contribution is 7.58. The molecule has 3 N–H and O–H groups in total. The first kappa shape index (κ1) is 29.0. The predicted octanol–water partition coefficient (Wildman–Crippen LogP) is 6.60. The van der Waals surface area contributed by atoms with Gasteiger partial charge in [0.2, 0.25) is 7.37 Å². The van der Waals surface area contributed by atoms with Gasteiger partial charge >= 0.3 is 11.9 Å². The number of ether oxygens (including phenoxy) is 1. The molecule has 38 heavy (non-hydrogen) atoms. The lowest BCUT2D eigenvalue weighted by molar-refractivity contribution is -0.150. The van der Waals surface area contributed by atoms with Crippen molar-refractivity contribution in [2.75, 3.05) is 29.9 Å². The van der Waals surface area contributed by atoms with E-state index in [9.17, 15) is 19.3 Å². The summed E-state index contributed by atoms with van der Waals surface area (Å²) >= 11 is 0. The van der Waals surface area contributed by atoms with Gasteiger partial charge in [-0.3, -0.25) is 4.57 Å². The Kier molecular flexibility index (Phi) is 10.1. The minimum atomic E-state index is -3.24. The maximum Gasteiger partial charge on any atom is 0.337 e. The molecule has 0 aliphatic rings. The van der Waals surface area contributed by atoms with Crippen molar-refractivity contribution < 1.29 is 28.5 Å². The van der Waals surface area contributed by atoms with Gasteiger partial charge in [-0.1, -0.05) is 42.5 Å². The molecule has 0 heterocycles. The van der Waals surface area contributed by atoms with E-state index in [0.717, 1.165) is 28.1 Å². The van der Waals surface area contributed by atoms with Crippen LogP contribution in [0.15, 0.2) is 66.7 Å². The second-order valence-electron chi connectivity index (χ2n) is 8.99. The molecular weight excluding hydrogens is 503 g/mol. The summed E-state index contributed by atoms with van der Waals surface area (Å²) in [5.41, 5.74) is 5.16. The predicted molar refractivity (Wildman–Crippen MR) is 151 cm³/mol. The van der Waals surface area contributed by atoms with Crippen LogP contribution in [0.2, 0.25) is 0 Å². The molecule has 9 heteroatoms. The number of para-hydroxylation sites is 1. The summed E-state index contributed by atoms with van der Waals surface area (Å²) < 4.78 is 24.7. The molecule has 0 bridgehead atoms. The molecule has 0 aliphatic heterocycles. The molecule has 0 saturated heterocycles. The van der Waals surface area contributed by atoms with Crippen LogP contribution in [0.25, 0.3) is 0 Å². The van der Waals surface area contributed by atoms with Crippen molar-refractivity contribution in [1.29, 1.82) is 0 Å². The number of rotatable bonds is 13. The molecule has 0 aliphatic carbocycles. The molecule has 0 amide bonds. The summed E-state index contributed by atoms with van der Waals surface area (Å²) in [4.78, 5) is 23.7. The highest BCUT2D eigenvalue weighted by Crippen LogP contribution is 2.51. The zero-order chi connectivity index (χ0) is 27.7. The summed E-state index contributed by atoms with van der Waals surface area (Å²) in [6.07, 6.45) is -0.508. The van der Waals surface area contributed by atoms with Crippen LogP contribution in [0, 0.1) is 13.8 Å². The van der Waals surface area contributed by atoms with E-state index in [1.54, 1.807) is 38.1 Å². The van der Waals surface area contributed by atoms with E-state index in [0.29, 0.717) is 12.2 Å². The Labute approximate surface area is 223 Å². The Morgan fingerprint density at radius 3 is 2.24 bits per heavy atom. The van der Waals surface area contributed by atoms with Gasteiger partial charge in [-0.15, -0.1) is 0 Å². The van der Waals surface area contributed by atoms with E-state index in [2.05, 4.69) is 10.6 Å². The minimum absolute atomic E-state index is 0.193. The molecule has 3 aromatic rings. The first-order chi connectivity index (χ1) is 18.1. The summed E-state index contributed by atoms with van der Waals surface area (Å²) in [6.45, 7) is 7.79. The summed E-state index contributed by atoms with van der Waals surface area (Å²) in [7, 11) is -3.24. The normalized spacial score (nSPS) is 13.3. The fraction of sp³-hybridized carbons (Fsp3) is 0.310. The third kappa shape index (κ3) is 7.70. The fourth-order valence-corrected chi connectivity index (χ4v) is 6.27. The molecule has 3 aromatic carbocycles. The van der Waals surface area contributed by atoms with Crippen LogP contribution in [0.1, 0.15) is 40.9 Å². The largest absolute Gasteiger partial charge is 0.478 e. The van der Waals surface area contributed by atoms with E-state index >= 15 is 0 Å². The summed E-state index contributed by atoms with van der Waals surface area (Å²) in [5, 5.41) is 16.0. The first-order valence-corrected chi connectivity index (χ1v) is 14.5. The SMILES string of the molecule is CCOC(=O)[C@H](C)OP(=O)(CCNc1ccc(Nc2ccccc2C(=O)O)c(C)c1C)Cc1ccccc1. The van der Waals surface area contributed by atoms with Crippen LogP contribution in [0.3, 0.4) is 0 Å². The van der Waals surface area contributed by atoms with E-state index in [1.165, 1.54) is 0 Å². The maximum absolute atomic E-state index is 13.9.